The van der Waals surface area contributed by atoms with Crippen LogP contribution in [-0.4, -0.2) is 32.8 Å². The van der Waals surface area contributed by atoms with Gasteiger partial charge in [-0.3, -0.25) is 0 Å². The van der Waals surface area contributed by atoms with Crippen LogP contribution < -0.4 is 9.47 Å². The van der Waals surface area contributed by atoms with Crippen LogP contribution in [0, 0.1) is 0 Å². The molecule has 0 bridgehead atoms. The quantitative estimate of drug-likeness (QED) is 0.784. The van der Waals surface area contributed by atoms with Gasteiger partial charge in [-0.2, -0.15) is 0 Å². The van der Waals surface area contributed by atoms with Crippen molar-refractivity contribution in [3.05, 3.63) is 17.8 Å². The van der Waals surface area contributed by atoms with Crippen LogP contribution in [0.2, 0.25) is 0 Å². The molecule has 0 atom stereocenters. The number of fused-ring (bicyclic) bond motifs is 2. The molecule has 1 aromatic carbocycles. The van der Waals surface area contributed by atoms with Crippen LogP contribution in [0.15, 0.2) is 12.1 Å². The zero-order chi connectivity index (χ0) is 13.5. The lowest BCUT2D eigenvalue weighted by molar-refractivity contribution is 0.172. The predicted octanol–water partition coefficient (Wildman–Crippen LogP) is 2.42. The lowest BCUT2D eigenvalue weighted by Gasteiger charge is -2.17. The summed E-state index contributed by atoms with van der Waals surface area (Å²) in [6, 6.07) is 3.84. The second-order valence-corrected chi connectivity index (χ2v) is 5.25. The van der Waals surface area contributed by atoms with E-state index in [9.17, 15) is 0 Å². The summed E-state index contributed by atoms with van der Waals surface area (Å²) < 4.78 is 15.2. The molecule has 4 rings (SSSR count). The first-order chi connectivity index (χ1) is 9.85. The van der Waals surface area contributed by atoms with E-state index >= 15 is 0 Å². The maximum absolute atomic E-state index is 5.58. The lowest BCUT2D eigenvalue weighted by Crippen LogP contribution is -2.15. The van der Waals surface area contributed by atoms with E-state index < -0.39 is 0 Å². The van der Waals surface area contributed by atoms with Gasteiger partial charge >= 0.3 is 0 Å². The molecule has 1 N–H and O–H groups in total. The number of aromatic nitrogens is 4. The van der Waals surface area contributed by atoms with Crippen molar-refractivity contribution >= 4 is 22.6 Å². The Morgan fingerprint density at radius 3 is 2.85 bits per heavy atom. The summed E-state index contributed by atoms with van der Waals surface area (Å²) >= 11 is 1.36. The molecule has 0 fully saturated rings. The molecule has 0 radical (unpaired) electrons. The Morgan fingerprint density at radius 1 is 1.25 bits per heavy atom. The highest BCUT2D eigenvalue weighted by atomic mass is 32.1. The van der Waals surface area contributed by atoms with Gasteiger partial charge in [0.2, 0.25) is 0 Å². The van der Waals surface area contributed by atoms with Gasteiger partial charge in [0.25, 0.3) is 0 Å². The molecule has 0 aliphatic carbocycles. The monoisotopic (exact) mass is 288 g/mol. The van der Waals surface area contributed by atoms with E-state index in [1.165, 1.54) is 11.5 Å². The first-order valence-corrected chi connectivity index (χ1v) is 7.23. The van der Waals surface area contributed by atoms with Gasteiger partial charge in [0, 0.05) is 12.1 Å². The Labute approximate surface area is 118 Å². The number of ether oxygens (including phenoxy) is 2. The fraction of sp³-hybridized carbons (Fsp3) is 0.308. The van der Waals surface area contributed by atoms with E-state index in [0.717, 1.165) is 45.3 Å². The van der Waals surface area contributed by atoms with Gasteiger partial charge in [0.05, 0.1) is 16.7 Å². The number of imidazole rings is 1. The van der Waals surface area contributed by atoms with Crippen molar-refractivity contribution in [2.24, 2.45) is 0 Å². The van der Waals surface area contributed by atoms with Crippen molar-refractivity contribution in [2.75, 3.05) is 13.2 Å². The number of hydrogen-bond acceptors (Lipinski definition) is 6. The Morgan fingerprint density at radius 2 is 2.05 bits per heavy atom. The van der Waals surface area contributed by atoms with Gasteiger partial charge in [-0.15, -0.1) is 5.10 Å². The zero-order valence-corrected chi connectivity index (χ0v) is 11.7. The maximum Gasteiger partial charge on any atom is 0.163 e. The van der Waals surface area contributed by atoms with Crippen LogP contribution in [0.5, 0.6) is 11.5 Å². The summed E-state index contributed by atoms with van der Waals surface area (Å²) in [5.74, 6) is 2.31. The molecule has 0 saturated heterocycles. The molecule has 1 aliphatic heterocycles. The van der Waals surface area contributed by atoms with E-state index in [2.05, 4.69) is 26.5 Å². The van der Waals surface area contributed by atoms with Crippen LogP contribution in [0.4, 0.5) is 0 Å². The van der Waals surface area contributed by atoms with Gasteiger partial charge in [-0.25, -0.2) is 4.98 Å². The molecule has 7 heteroatoms. The SMILES string of the molecule is CCc1nnsc1-c1nc2cc3c(cc2[nH]1)OCCO3. The Bertz CT molecular complexity index is 737. The number of H-pyrrole nitrogens is 1. The Kier molecular flexibility index (Phi) is 2.59. The molecule has 2 aromatic heterocycles. The second kappa shape index (κ2) is 4.45. The minimum absolute atomic E-state index is 0.578. The van der Waals surface area contributed by atoms with Crippen LogP contribution in [-0.2, 0) is 6.42 Å². The average molecular weight is 288 g/mol. The first kappa shape index (κ1) is 11.7. The van der Waals surface area contributed by atoms with Gasteiger partial charge in [0.1, 0.15) is 18.1 Å². The molecule has 20 heavy (non-hydrogen) atoms. The van der Waals surface area contributed by atoms with E-state index in [1.54, 1.807) is 0 Å². The molecule has 0 amide bonds. The minimum Gasteiger partial charge on any atom is -0.486 e. The van der Waals surface area contributed by atoms with Crippen molar-refractivity contribution in [2.45, 2.75) is 13.3 Å². The molecule has 1 aliphatic rings. The summed E-state index contributed by atoms with van der Waals surface area (Å²) in [5.41, 5.74) is 2.76. The van der Waals surface area contributed by atoms with Crippen LogP contribution in [0.1, 0.15) is 12.6 Å². The summed E-state index contributed by atoms with van der Waals surface area (Å²) in [7, 11) is 0. The Hall–Kier alpha value is -2.15. The molecule has 6 nitrogen and oxygen atoms in total. The number of aromatic amines is 1. The average Bonchev–Trinajstić information content (AvgIpc) is 3.10. The molecule has 3 aromatic rings. The lowest BCUT2D eigenvalue weighted by atomic mass is 10.2. The summed E-state index contributed by atoms with van der Waals surface area (Å²) in [6.45, 7) is 3.22. The third kappa shape index (κ3) is 1.74. The molecule has 3 heterocycles. The maximum atomic E-state index is 5.58. The van der Waals surface area contributed by atoms with Gasteiger partial charge in [-0.1, -0.05) is 11.4 Å². The molecular formula is C13H12N4O2S. The molecule has 0 spiro atoms. The van der Waals surface area contributed by atoms with Gasteiger partial charge in [-0.05, 0) is 18.0 Å². The zero-order valence-electron chi connectivity index (χ0n) is 10.8. The summed E-state index contributed by atoms with van der Waals surface area (Å²) in [4.78, 5) is 8.91. The summed E-state index contributed by atoms with van der Waals surface area (Å²) in [6.07, 6.45) is 0.839. The predicted molar refractivity (Wildman–Crippen MR) is 75.4 cm³/mol. The number of nitrogens with zero attached hydrogens (tertiary/aromatic N) is 3. The fourth-order valence-corrected chi connectivity index (χ4v) is 2.97. The standard InChI is InChI=1S/C13H12N4O2S/c1-2-7-12(20-17-16-7)13-14-8-5-10-11(6-9(8)15-13)19-4-3-18-10/h5-6H,2-4H2,1H3,(H,14,15). The van der Waals surface area contributed by atoms with Crippen molar-refractivity contribution in [1.29, 1.82) is 0 Å². The van der Waals surface area contributed by atoms with Crippen molar-refractivity contribution in [3.8, 4) is 22.2 Å². The molecular weight excluding hydrogens is 276 g/mol. The smallest absolute Gasteiger partial charge is 0.163 e. The van der Waals surface area contributed by atoms with E-state index in [-0.39, 0.29) is 0 Å². The van der Waals surface area contributed by atoms with E-state index in [0.29, 0.717) is 13.2 Å². The fourth-order valence-electron chi connectivity index (χ4n) is 2.27. The number of aryl methyl sites for hydroxylation is 1. The molecule has 102 valence electrons. The van der Waals surface area contributed by atoms with Gasteiger partial charge < -0.3 is 14.5 Å². The number of rotatable bonds is 2. The highest BCUT2D eigenvalue weighted by Gasteiger charge is 2.17. The van der Waals surface area contributed by atoms with E-state index in [1.807, 2.05) is 12.1 Å². The minimum atomic E-state index is 0.578. The highest BCUT2D eigenvalue weighted by molar-refractivity contribution is 7.09. The number of nitrogens with one attached hydrogen (secondary N) is 1. The largest absolute Gasteiger partial charge is 0.486 e. The van der Waals surface area contributed by atoms with Crippen LogP contribution in [0.25, 0.3) is 21.7 Å². The number of hydrogen-bond donors (Lipinski definition) is 1. The van der Waals surface area contributed by atoms with Crippen molar-refractivity contribution in [3.63, 3.8) is 0 Å². The Balaban J connectivity index is 1.86. The van der Waals surface area contributed by atoms with Crippen LogP contribution >= 0.6 is 11.5 Å². The third-order valence-corrected chi connectivity index (χ3v) is 4.03. The molecule has 0 saturated carbocycles. The van der Waals surface area contributed by atoms with Gasteiger partial charge in [0.15, 0.2) is 17.3 Å². The third-order valence-electron chi connectivity index (χ3n) is 3.25. The van der Waals surface area contributed by atoms with E-state index in [4.69, 9.17) is 9.47 Å². The van der Waals surface area contributed by atoms with Crippen LogP contribution in [0.3, 0.4) is 0 Å². The normalized spacial score (nSPS) is 13.8. The highest BCUT2D eigenvalue weighted by Crippen LogP contribution is 2.35. The topological polar surface area (TPSA) is 72.9 Å². The second-order valence-electron chi connectivity index (χ2n) is 4.50. The molecule has 0 unspecified atom stereocenters. The number of benzene rings is 1. The first-order valence-electron chi connectivity index (χ1n) is 6.46. The van der Waals surface area contributed by atoms with Crippen molar-refractivity contribution < 1.29 is 9.47 Å². The summed E-state index contributed by atoms with van der Waals surface area (Å²) in [5, 5.41) is 4.12. The van der Waals surface area contributed by atoms with Crippen molar-refractivity contribution in [1.82, 2.24) is 19.6 Å².